The molecule has 0 saturated heterocycles. The zero-order valence-corrected chi connectivity index (χ0v) is 15.4. The number of phenols is 1. The van der Waals surface area contributed by atoms with Gasteiger partial charge in [-0.05, 0) is 36.5 Å². The van der Waals surface area contributed by atoms with E-state index in [2.05, 4.69) is 0 Å². The molecule has 1 aromatic rings. The monoisotopic (exact) mass is 381 g/mol. The van der Waals surface area contributed by atoms with E-state index in [9.17, 15) is 24.6 Å². The maximum absolute atomic E-state index is 12.8. The van der Waals surface area contributed by atoms with Gasteiger partial charge in [0, 0.05) is 0 Å². The van der Waals surface area contributed by atoms with E-state index in [0.29, 0.717) is 10.5 Å². The van der Waals surface area contributed by atoms with Crippen LogP contribution in [-0.4, -0.2) is 62.7 Å². The highest BCUT2D eigenvalue weighted by molar-refractivity contribution is 6.03. The first-order valence-electron chi connectivity index (χ1n) is 8.58. The van der Waals surface area contributed by atoms with Crippen molar-refractivity contribution in [3.63, 3.8) is 0 Å². The van der Waals surface area contributed by atoms with Crippen LogP contribution >= 0.6 is 0 Å². The van der Waals surface area contributed by atoms with Crippen molar-refractivity contribution in [3.8, 4) is 5.75 Å². The van der Waals surface area contributed by atoms with Gasteiger partial charge in [-0.3, -0.25) is 14.5 Å². The Morgan fingerprint density at radius 1 is 1.04 bits per heavy atom. The Bertz CT molecular complexity index is 662. The molecular weight excluding hydrogens is 354 g/mol. The fourth-order valence-electron chi connectivity index (χ4n) is 2.59. The van der Waals surface area contributed by atoms with E-state index in [0.717, 1.165) is 0 Å². The Balaban J connectivity index is 3.14. The number of benzene rings is 1. The number of rotatable bonds is 9. The zero-order valence-electron chi connectivity index (χ0n) is 15.4. The third-order valence-corrected chi connectivity index (χ3v) is 3.99. The van der Waals surface area contributed by atoms with Crippen molar-refractivity contribution in [2.45, 2.75) is 44.8 Å². The number of aliphatic hydroxyl groups is 1. The number of hydrogen-bond acceptors (Lipinski definition) is 7. The Morgan fingerprint density at radius 3 is 2.00 bits per heavy atom. The highest BCUT2D eigenvalue weighted by Crippen LogP contribution is 2.17. The number of imide groups is 1. The third-order valence-electron chi connectivity index (χ3n) is 3.99. The standard InChI is InChI=1S/C18H27N3O6/c1-10(2)7-15(18(26)27)21(17(25)14(20)9-22)16(24)13(19)8-11-3-5-12(23)6-4-11/h3-6,10,13-15,22-23H,7-9,19-20H2,1-2H3,(H,26,27). The first-order valence-corrected chi connectivity index (χ1v) is 8.58. The Morgan fingerprint density at radius 2 is 1.56 bits per heavy atom. The van der Waals surface area contributed by atoms with Crippen molar-refractivity contribution in [1.29, 1.82) is 0 Å². The predicted octanol–water partition coefficient (Wildman–Crippen LogP) is -0.564. The Kier molecular flexibility index (Phi) is 8.35. The molecule has 0 spiro atoms. The lowest BCUT2D eigenvalue weighted by Gasteiger charge is -2.31. The van der Waals surface area contributed by atoms with Crippen LogP contribution in [-0.2, 0) is 20.8 Å². The molecule has 1 rings (SSSR count). The zero-order chi connectivity index (χ0) is 20.7. The number of hydrogen-bond donors (Lipinski definition) is 5. The molecule has 0 aliphatic carbocycles. The average molecular weight is 381 g/mol. The number of aliphatic hydroxyl groups excluding tert-OH is 1. The predicted molar refractivity (Wildman–Crippen MR) is 97.6 cm³/mol. The lowest BCUT2D eigenvalue weighted by atomic mass is 9.99. The number of carbonyl (C=O) groups excluding carboxylic acids is 2. The molecule has 150 valence electrons. The van der Waals surface area contributed by atoms with E-state index in [1.54, 1.807) is 26.0 Å². The second-order valence-electron chi connectivity index (χ2n) is 6.80. The van der Waals surface area contributed by atoms with E-state index in [1.807, 2.05) is 0 Å². The summed E-state index contributed by atoms with van der Waals surface area (Å²) in [7, 11) is 0. The first-order chi connectivity index (χ1) is 12.6. The van der Waals surface area contributed by atoms with Crippen molar-refractivity contribution in [3.05, 3.63) is 29.8 Å². The number of nitrogens with zero attached hydrogens (tertiary/aromatic N) is 1. The van der Waals surface area contributed by atoms with Crippen LogP contribution in [0, 0.1) is 5.92 Å². The van der Waals surface area contributed by atoms with Crippen LogP contribution in [0.3, 0.4) is 0 Å². The summed E-state index contributed by atoms with van der Waals surface area (Å²) < 4.78 is 0. The molecule has 3 atom stereocenters. The van der Waals surface area contributed by atoms with Gasteiger partial charge in [0.2, 0.25) is 11.8 Å². The number of carboxylic acids is 1. The smallest absolute Gasteiger partial charge is 0.326 e. The minimum atomic E-state index is -1.44. The largest absolute Gasteiger partial charge is 0.508 e. The molecule has 2 amide bonds. The summed E-state index contributed by atoms with van der Waals surface area (Å²) in [6, 6.07) is 1.93. The fraction of sp³-hybridized carbons (Fsp3) is 0.500. The number of carboxylic acid groups (broad SMARTS) is 1. The number of carbonyl (C=O) groups is 3. The Hall–Kier alpha value is -2.49. The SMILES string of the molecule is CC(C)CC(C(=O)O)N(C(=O)C(N)CO)C(=O)C(N)Cc1ccc(O)cc1. The maximum atomic E-state index is 12.8. The molecule has 9 heteroatoms. The van der Waals surface area contributed by atoms with Crippen molar-refractivity contribution in [2.75, 3.05) is 6.61 Å². The van der Waals surface area contributed by atoms with E-state index in [1.165, 1.54) is 12.1 Å². The summed E-state index contributed by atoms with van der Waals surface area (Å²) >= 11 is 0. The van der Waals surface area contributed by atoms with Crippen LogP contribution < -0.4 is 11.5 Å². The molecule has 0 aromatic heterocycles. The van der Waals surface area contributed by atoms with Gasteiger partial charge in [0.05, 0.1) is 12.6 Å². The number of aliphatic carboxylic acids is 1. The lowest BCUT2D eigenvalue weighted by molar-refractivity contribution is -0.160. The highest BCUT2D eigenvalue weighted by atomic mass is 16.4. The summed E-state index contributed by atoms with van der Waals surface area (Å²) in [4.78, 5) is 37.6. The molecule has 1 aromatic carbocycles. The van der Waals surface area contributed by atoms with Crippen LogP contribution in [0.25, 0.3) is 0 Å². The molecule has 0 aliphatic heterocycles. The van der Waals surface area contributed by atoms with Gasteiger partial charge in [-0.25, -0.2) is 4.79 Å². The molecule has 0 aliphatic rings. The van der Waals surface area contributed by atoms with Crippen LogP contribution in [0.4, 0.5) is 0 Å². The summed E-state index contributed by atoms with van der Waals surface area (Å²) in [6.07, 6.45) is 0.0577. The number of phenolic OH excluding ortho intramolecular Hbond substituents is 1. The fourth-order valence-corrected chi connectivity index (χ4v) is 2.59. The summed E-state index contributed by atoms with van der Waals surface area (Å²) in [5.41, 5.74) is 12.1. The van der Waals surface area contributed by atoms with Gasteiger partial charge in [0.25, 0.3) is 0 Å². The van der Waals surface area contributed by atoms with E-state index in [-0.39, 0.29) is 24.5 Å². The number of aromatic hydroxyl groups is 1. The van der Waals surface area contributed by atoms with E-state index >= 15 is 0 Å². The molecule has 0 bridgehead atoms. The Labute approximate surface area is 157 Å². The molecule has 0 saturated carbocycles. The second-order valence-corrected chi connectivity index (χ2v) is 6.80. The highest BCUT2D eigenvalue weighted by Gasteiger charge is 2.39. The van der Waals surface area contributed by atoms with Gasteiger partial charge in [-0.2, -0.15) is 0 Å². The van der Waals surface area contributed by atoms with Crippen molar-refractivity contribution < 1.29 is 29.7 Å². The van der Waals surface area contributed by atoms with Gasteiger partial charge in [-0.15, -0.1) is 0 Å². The third kappa shape index (κ3) is 6.31. The lowest BCUT2D eigenvalue weighted by Crippen LogP contribution is -2.59. The second kappa shape index (κ2) is 10.0. The molecule has 7 N–H and O–H groups in total. The van der Waals surface area contributed by atoms with Gasteiger partial charge in [-0.1, -0.05) is 26.0 Å². The van der Waals surface area contributed by atoms with Crippen molar-refractivity contribution >= 4 is 17.8 Å². The quantitative estimate of drug-likeness (QED) is 0.379. The summed E-state index contributed by atoms with van der Waals surface area (Å²) in [6.45, 7) is 2.78. The topological polar surface area (TPSA) is 167 Å². The molecule has 0 radical (unpaired) electrons. The van der Waals surface area contributed by atoms with E-state index < -0.39 is 42.5 Å². The van der Waals surface area contributed by atoms with Crippen LogP contribution in [0.15, 0.2) is 24.3 Å². The molecule has 27 heavy (non-hydrogen) atoms. The van der Waals surface area contributed by atoms with Gasteiger partial charge in [0.15, 0.2) is 0 Å². The van der Waals surface area contributed by atoms with Gasteiger partial charge < -0.3 is 26.8 Å². The molecule has 0 fully saturated rings. The number of amides is 2. The van der Waals surface area contributed by atoms with Crippen molar-refractivity contribution in [2.24, 2.45) is 17.4 Å². The summed E-state index contributed by atoms with van der Waals surface area (Å²) in [5, 5.41) is 28.0. The van der Waals surface area contributed by atoms with E-state index in [4.69, 9.17) is 16.6 Å². The van der Waals surface area contributed by atoms with Gasteiger partial charge in [0.1, 0.15) is 17.8 Å². The van der Waals surface area contributed by atoms with Crippen LogP contribution in [0.2, 0.25) is 0 Å². The molecule has 9 nitrogen and oxygen atoms in total. The van der Waals surface area contributed by atoms with Crippen LogP contribution in [0.5, 0.6) is 5.75 Å². The number of nitrogens with two attached hydrogens (primary N) is 2. The molecule has 3 unspecified atom stereocenters. The van der Waals surface area contributed by atoms with Gasteiger partial charge >= 0.3 is 5.97 Å². The molecule has 0 heterocycles. The minimum Gasteiger partial charge on any atom is -0.508 e. The van der Waals surface area contributed by atoms with Crippen LogP contribution in [0.1, 0.15) is 25.8 Å². The summed E-state index contributed by atoms with van der Waals surface area (Å²) in [5.74, 6) is -3.30. The minimum absolute atomic E-state index is 0.0247. The average Bonchev–Trinajstić information content (AvgIpc) is 2.61. The normalized spacial score (nSPS) is 14.4. The van der Waals surface area contributed by atoms with Crippen molar-refractivity contribution in [1.82, 2.24) is 4.90 Å². The molecular formula is C18H27N3O6. The first kappa shape index (κ1) is 22.6. The maximum Gasteiger partial charge on any atom is 0.326 e.